The first-order valence-electron chi connectivity index (χ1n) is 8.83. The molecule has 0 bridgehead atoms. The normalized spacial score (nSPS) is 15.7. The van der Waals surface area contributed by atoms with E-state index in [1.165, 1.54) is 12.3 Å². The number of rotatable bonds is 6. The van der Waals surface area contributed by atoms with Crippen molar-refractivity contribution in [3.8, 4) is 0 Å². The van der Waals surface area contributed by atoms with Gasteiger partial charge in [0.1, 0.15) is 5.82 Å². The van der Waals surface area contributed by atoms with Gasteiger partial charge in [0.15, 0.2) is 0 Å². The number of aromatic carboxylic acids is 1. The smallest absolute Gasteiger partial charge is 0.337 e. The number of hydrogen-bond acceptors (Lipinski definition) is 5. The van der Waals surface area contributed by atoms with Gasteiger partial charge in [0, 0.05) is 25.3 Å². The molecule has 0 radical (unpaired) electrons. The minimum atomic E-state index is -3.40. The van der Waals surface area contributed by atoms with Gasteiger partial charge in [-0.1, -0.05) is 24.3 Å². The zero-order valence-corrected chi connectivity index (χ0v) is 15.9. The Balaban J connectivity index is 1.56. The summed E-state index contributed by atoms with van der Waals surface area (Å²) < 4.78 is 27.8. The molecule has 0 atom stereocenters. The summed E-state index contributed by atoms with van der Waals surface area (Å²) >= 11 is 0. The van der Waals surface area contributed by atoms with E-state index < -0.39 is 16.0 Å². The number of sulfonamides is 1. The number of carboxylic acids is 1. The molecule has 144 valence electrons. The van der Waals surface area contributed by atoms with Gasteiger partial charge >= 0.3 is 5.97 Å². The first kappa shape index (κ1) is 19.3. The molecule has 27 heavy (non-hydrogen) atoms. The molecule has 3 rings (SSSR count). The van der Waals surface area contributed by atoms with Gasteiger partial charge in [0.2, 0.25) is 10.0 Å². The predicted octanol–water partition coefficient (Wildman–Crippen LogP) is 2.18. The number of hydrogen-bond donors (Lipinski definition) is 2. The topological polar surface area (TPSA) is 99.6 Å². The lowest BCUT2D eigenvalue weighted by atomic mass is 10.1. The second kappa shape index (κ2) is 8.06. The van der Waals surface area contributed by atoms with Crippen molar-refractivity contribution >= 4 is 21.8 Å². The molecule has 0 aliphatic carbocycles. The molecule has 1 aliphatic rings. The molecule has 1 aromatic carbocycles. The van der Waals surface area contributed by atoms with Gasteiger partial charge in [-0.15, -0.1) is 0 Å². The summed E-state index contributed by atoms with van der Waals surface area (Å²) in [5.74, 6) is -0.310. The van der Waals surface area contributed by atoms with Crippen molar-refractivity contribution < 1.29 is 18.3 Å². The molecule has 0 unspecified atom stereocenters. The Bertz CT molecular complexity index is 905. The second-order valence-corrected chi connectivity index (χ2v) is 8.53. The third-order valence-corrected chi connectivity index (χ3v) is 6.15. The molecule has 8 heteroatoms. The predicted molar refractivity (Wildman–Crippen MR) is 103 cm³/mol. The average Bonchev–Trinajstić information content (AvgIpc) is 2.64. The summed E-state index contributed by atoms with van der Waals surface area (Å²) in [4.78, 5) is 17.1. The summed E-state index contributed by atoms with van der Waals surface area (Å²) in [7, 11) is -3.40. The van der Waals surface area contributed by atoms with Crippen molar-refractivity contribution in [1.82, 2.24) is 9.71 Å². The van der Waals surface area contributed by atoms with Crippen LogP contribution in [-0.2, 0) is 15.8 Å². The Morgan fingerprint density at radius 3 is 2.52 bits per heavy atom. The van der Waals surface area contributed by atoms with Gasteiger partial charge in [-0.25, -0.2) is 22.9 Å². The van der Waals surface area contributed by atoms with Crippen molar-refractivity contribution in [1.29, 1.82) is 0 Å². The third-order valence-electron chi connectivity index (χ3n) is 4.77. The number of anilines is 1. The summed E-state index contributed by atoms with van der Waals surface area (Å²) in [6.45, 7) is 3.24. The van der Waals surface area contributed by atoms with Crippen LogP contribution < -0.4 is 9.62 Å². The number of nitrogens with zero attached hydrogens (tertiary/aromatic N) is 2. The van der Waals surface area contributed by atoms with E-state index in [0.717, 1.165) is 11.1 Å². The molecule has 0 saturated carbocycles. The molecule has 2 aromatic rings. The van der Waals surface area contributed by atoms with E-state index in [1.54, 1.807) is 6.07 Å². The summed E-state index contributed by atoms with van der Waals surface area (Å²) in [6, 6.07) is 10.6. The fourth-order valence-corrected chi connectivity index (χ4v) is 4.76. The van der Waals surface area contributed by atoms with Crippen molar-refractivity contribution in [2.45, 2.75) is 31.6 Å². The number of pyridine rings is 1. The third kappa shape index (κ3) is 5.05. The summed E-state index contributed by atoms with van der Waals surface area (Å²) in [6.07, 6.45) is 2.69. The van der Waals surface area contributed by atoms with E-state index in [-0.39, 0.29) is 17.4 Å². The minimum Gasteiger partial charge on any atom is -0.478 e. The fourth-order valence-electron chi connectivity index (χ4n) is 3.20. The molecular weight excluding hydrogens is 366 g/mol. The van der Waals surface area contributed by atoms with Crippen molar-refractivity contribution in [3.05, 3.63) is 59.3 Å². The van der Waals surface area contributed by atoms with Crippen LogP contribution in [0.3, 0.4) is 0 Å². The zero-order valence-electron chi connectivity index (χ0n) is 15.1. The minimum absolute atomic E-state index is 0.0158. The fraction of sp³-hybridized carbons (Fsp3) is 0.368. The SMILES string of the molecule is Cc1ccccc1CS(=O)(=O)NC1CCN(c2ccc(C(=O)O)cn2)CC1. The lowest BCUT2D eigenvalue weighted by Gasteiger charge is -2.33. The number of benzene rings is 1. The van der Waals surface area contributed by atoms with Crippen LogP contribution in [0.2, 0.25) is 0 Å². The Kier molecular flexibility index (Phi) is 5.76. The first-order valence-corrected chi connectivity index (χ1v) is 10.5. The molecule has 7 nitrogen and oxygen atoms in total. The van der Waals surface area contributed by atoms with Gasteiger partial charge in [0.25, 0.3) is 0 Å². The van der Waals surface area contributed by atoms with Crippen LogP contribution in [0.4, 0.5) is 5.82 Å². The van der Waals surface area contributed by atoms with Gasteiger partial charge in [-0.3, -0.25) is 0 Å². The van der Waals surface area contributed by atoms with Crippen molar-refractivity contribution in [2.75, 3.05) is 18.0 Å². The monoisotopic (exact) mass is 389 g/mol. The Morgan fingerprint density at radius 1 is 1.22 bits per heavy atom. The maximum atomic E-state index is 12.5. The van der Waals surface area contributed by atoms with E-state index in [1.807, 2.05) is 36.1 Å². The van der Waals surface area contributed by atoms with Crippen LogP contribution >= 0.6 is 0 Å². The number of carbonyl (C=O) groups is 1. The molecule has 1 saturated heterocycles. The van der Waals surface area contributed by atoms with Gasteiger partial charge in [-0.2, -0.15) is 0 Å². The Morgan fingerprint density at radius 2 is 1.93 bits per heavy atom. The highest BCUT2D eigenvalue weighted by molar-refractivity contribution is 7.88. The first-order chi connectivity index (χ1) is 12.8. The largest absolute Gasteiger partial charge is 0.478 e. The van der Waals surface area contributed by atoms with Crippen LogP contribution in [0.1, 0.15) is 34.3 Å². The number of aromatic nitrogens is 1. The van der Waals surface area contributed by atoms with Gasteiger partial charge in [-0.05, 0) is 43.0 Å². The summed E-state index contributed by atoms with van der Waals surface area (Å²) in [5.41, 5.74) is 1.93. The molecule has 2 heterocycles. The highest BCUT2D eigenvalue weighted by Gasteiger charge is 2.24. The molecule has 1 aliphatic heterocycles. The molecule has 0 amide bonds. The highest BCUT2D eigenvalue weighted by Crippen LogP contribution is 2.19. The number of aryl methyl sites for hydroxylation is 1. The zero-order chi connectivity index (χ0) is 19.4. The lowest BCUT2D eigenvalue weighted by Crippen LogP contribution is -2.45. The van der Waals surface area contributed by atoms with Crippen LogP contribution in [0.5, 0.6) is 0 Å². The van der Waals surface area contributed by atoms with E-state index in [0.29, 0.717) is 31.7 Å². The molecule has 1 aromatic heterocycles. The number of carboxylic acid groups (broad SMARTS) is 1. The van der Waals surface area contributed by atoms with E-state index >= 15 is 0 Å². The van der Waals surface area contributed by atoms with Gasteiger partial charge in [0.05, 0.1) is 11.3 Å². The second-order valence-electron chi connectivity index (χ2n) is 6.77. The van der Waals surface area contributed by atoms with Crippen LogP contribution in [-0.4, -0.2) is 43.6 Å². The van der Waals surface area contributed by atoms with E-state index in [9.17, 15) is 13.2 Å². The molecular formula is C19H23N3O4S. The standard InChI is InChI=1S/C19H23N3O4S/c1-14-4-2-3-5-16(14)13-27(25,26)21-17-8-10-22(11-9-17)18-7-6-15(12-20-18)19(23)24/h2-7,12,17,21H,8-11,13H2,1H3,(H,23,24). The Labute approximate surface area is 159 Å². The van der Waals surface area contributed by atoms with Crippen LogP contribution in [0.25, 0.3) is 0 Å². The highest BCUT2D eigenvalue weighted by atomic mass is 32.2. The lowest BCUT2D eigenvalue weighted by molar-refractivity contribution is 0.0696. The van der Waals surface area contributed by atoms with Crippen LogP contribution in [0, 0.1) is 6.92 Å². The quantitative estimate of drug-likeness (QED) is 0.786. The number of piperidine rings is 1. The van der Waals surface area contributed by atoms with E-state index in [2.05, 4.69) is 9.71 Å². The maximum Gasteiger partial charge on any atom is 0.337 e. The molecule has 2 N–H and O–H groups in total. The van der Waals surface area contributed by atoms with Crippen molar-refractivity contribution in [3.63, 3.8) is 0 Å². The number of nitrogens with one attached hydrogen (secondary N) is 1. The van der Waals surface area contributed by atoms with Crippen molar-refractivity contribution in [2.24, 2.45) is 0 Å². The average molecular weight is 389 g/mol. The van der Waals surface area contributed by atoms with Gasteiger partial charge < -0.3 is 10.0 Å². The van der Waals surface area contributed by atoms with Crippen LogP contribution in [0.15, 0.2) is 42.6 Å². The molecule has 1 fully saturated rings. The Hall–Kier alpha value is -2.45. The van der Waals surface area contributed by atoms with E-state index in [4.69, 9.17) is 5.11 Å². The summed E-state index contributed by atoms with van der Waals surface area (Å²) in [5, 5.41) is 8.93. The molecule has 0 spiro atoms. The maximum absolute atomic E-state index is 12.5.